The van der Waals surface area contributed by atoms with Crippen molar-refractivity contribution in [1.82, 2.24) is 4.57 Å². The topological polar surface area (TPSA) is 69.9 Å². The molecular weight excluding hydrogens is 382 g/mol. The van der Waals surface area contributed by atoms with Crippen LogP contribution in [-0.2, 0) is 17.4 Å². The highest BCUT2D eigenvalue weighted by Crippen LogP contribution is 2.54. The lowest BCUT2D eigenvalue weighted by Gasteiger charge is -2.41. The van der Waals surface area contributed by atoms with E-state index >= 15 is 0 Å². The van der Waals surface area contributed by atoms with Crippen LogP contribution in [0, 0.1) is 6.92 Å². The second-order valence-corrected chi connectivity index (χ2v) is 8.09. The van der Waals surface area contributed by atoms with Gasteiger partial charge < -0.3 is 23.9 Å². The van der Waals surface area contributed by atoms with Crippen molar-refractivity contribution < 1.29 is 19.3 Å². The lowest BCUT2D eigenvalue weighted by Crippen LogP contribution is -2.44. The van der Waals surface area contributed by atoms with E-state index < -0.39 is 11.7 Å². The van der Waals surface area contributed by atoms with Crippen LogP contribution in [0.2, 0.25) is 0 Å². The second-order valence-electron chi connectivity index (χ2n) is 8.09. The maximum Gasteiger partial charge on any atom is 0.231 e. The first-order valence-corrected chi connectivity index (χ1v) is 10.2. The van der Waals surface area contributed by atoms with E-state index in [4.69, 9.17) is 14.2 Å². The average molecular weight is 407 g/mol. The fraction of sp³-hybridized carbons (Fsp3) is 0.375. The second kappa shape index (κ2) is 6.59. The molecular formula is C24H25NO5. The smallest absolute Gasteiger partial charge is 0.231 e. The summed E-state index contributed by atoms with van der Waals surface area (Å²) in [6, 6.07) is 11.3. The molecule has 0 aliphatic carbocycles. The van der Waals surface area contributed by atoms with Crippen LogP contribution in [-0.4, -0.2) is 30.0 Å². The van der Waals surface area contributed by atoms with E-state index in [0.29, 0.717) is 34.4 Å². The summed E-state index contributed by atoms with van der Waals surface area (Å²) in [5, 5.41) is 12.7. The third-order valence-electron chi connectivity index (χ3n) is 6.79. The number of methoxy groups -OCH3 is 2. The summed E-state index contributed by atoms with van der Waals surface area (Å²) in [5.41, 5.74) is 2.09. The van der Waals surface area contributed by atoms with E-state index in [-0.39, 0.29) is 11.5 Å². The molecule has 2 aromatic carbocycles. The van der Waals surface area contributed by atoms with E-state index in [1.807, 2.05) is 54.9 Å². The predicted octanol–water partition coefficient (Wildman–Crippen LogP) is 3.33. The summed E-state index contributed by atoms with van der Waals surface area (Å²) in [5.74, 6) is 0.911. The molecule has 6 nitrogen and oxygen atoms in total. The summed E-state index contributed by atoms with van der Waals surface area (Å²) in [7, 11) is 5.02. The molecule has 3 aromatic rings. The minimum atomic E-state index is -1.41. The summed E-state index contributed by atoms with van der Waals surface area (Å²) in [4.78, 5) is 13.5. The highest BCUT2D eigenvalue weighted by Gasteiger charge is 2.53. The number of fused-ring (bicyclic) bond motifs is 6. The van der Waals surface area contributed by atoms with Gasteiger partial charge in [-0.15, -0.1) is 0 Å². The Balaban J connectivity index is 1.91. The van der Waals surface area contributed by atoms with Crippen molar-refractivity contribution in [3.63, 3.8) is 0 Å². The molecule has 2 bridgehead atoms. The summed E-state index contributed by atoms with van der Waals surface area (Å²) in [6.07, 6.45) is 0.801. The maximum absolute atomic E-state index is 13.5. The van der Waals surface area contributed by atoms with Crippen molar-refractivity contribution in [1.29, 1.82) is 0 Å². The molecule has 1 fully saturated rings. The van der Waals surface area contributed by atoms with Crippen LogP contribution in [0.1, 0.15) is 41.3 Å². The number of nitrogens with zero attached hydrogens (tertiary/aromatic N) is 1. The van der Waals surface area contributed by atoms with Gasteiger partial charge in [0.1, 0.15) is 11.4 Å². The van der Waals surface area contributed by atoms with Crippen LogP contribution in [0.25, 0.3) is 10.9 Å². The molecule has 6 heteroatoms. The van der Waals surface area contributed by atoms with Gasteiger partial charge in [0.05, 0.1) is 43.0 Å². The Bertz CT molecular complexity index is 1230. The molecule has 0 radical (unpaired) electrons. The maximum atomic E-state index is 13.5. The first-order valence-electron chi connectivity index (χ1n) is 10.2. The lowest BCUT2D eigenvalue weighted by molar-refractivity contribution is -0.102. The zero-order valence-corrected chi connectivity index (χ0v) is 17.6. The van der Waals surface area contributed by atoms with E-state index in [1.165, 1.54) is 7.11 Å². The summed E-state index contributed by atoms with van der Waals surface area (Å²) in [6.45, 7) is 1.87. The third-order valence-corrected chi connectivity index (χ3v) is 6.79. The van der Waals surface area contributed by atoms with Gasteiger partial charge in [0, 0.05) is 18.2 Å². The third kappa shape index (κ3) is 2.29. The molecule has 2 aliphatic rings. The minimum Gasteiger partial charge on any atom is -0.496 e. The Labute approximate surface area is 174 Å². The van der Waals surface area contributed by atoms with Crippen molar-refractivity contribution >= 4 is 10.9 Å². The van der Waals surface area contributed by atoms with Crippen molar-refractivity contribution in [3.8, 4) is 11.5 Å². The predicted molar refractivity (Wildman–Crippen MR) is 113 cm³/mol. The molecule has 0 spiro atoms. The summed E-state index contributed by atoms with van der Waals surface area (Å²) < 4.78 is 19.3. The molecule has 0 amide bonds. The lowest BCUT2D eigenvalue weighted by atomic mass is 9.77. The number of para-hydroxylation sites is 1. The van der Waals surface area contributed by atoms with Crippen molar-refractivity contribution in [2.75, 3.05) is 14.2 Å². The SMILES string of the molecule is COc1ccccc1[C@@]1(O)c2ccc3c(c2[C@@H]2CC[C@H]1O2)c(=O)c(OC)c(C)n3C. The Morgan fingerprint density at radius 3 is 2.60 bits per heavy atom. The van der Waals surface area contributed by atoms with Gasteiger partial charge in [-0.3, -0.25) is 4.79 Å². The number of pyridine rings is 1. The number of aryl methyl sites for hydroxylation is 1. The van der Waals surface area contributed by atoms with Crippen LogP contribution in [0.5, 0.6) is 11.5 Å². The first kappa shape index (κ1) is 19.2. The molecule has 0 saturated carbocycles. The van der Waals surface area contributed by atoms with Crippen LogP contribution in [0.4, 0.5) is 0 Å². The quantitative estimate of drug-likeness (QED) is 0.721. The Morgan fingerprint density at radius 1 is 1.10 bits per heavy atom. The number of hydrogen-bond acceptors (Lipinski definition) is 5. The standard InChI is InChI=1S/C24H25NO5/c1-13-23(29-4)22(26)21-16(25(13)2)10-9-15-20(21)18-11-12-19(30-18)24(15,27)14-7-5-6-8-17(14)28-3/h5-10,18-19,27H,11-12H2,1-4H3/t18-,19+,24+/m0/s1. The largest absolute Gasteiger partial charge is 0.496 e. The van der Waals surface area contributed by atoms with Gasteiger partial charge in [-0.1, -0.05) is 24.3 Å². The molecule has 156 valence electrons. The highest BCUT2D eigenvalue weighted by atomic mass is 16.5. The van der Waals surface area contributed by atoms with Crippen LogP contribution in [0.3, 0.4) is 0 Å². The molecule has 2 aliphatic heterocycles. The van der Waals surface area contributed by atoms with Crippen LogP contribution in [0.15, 0.2) is 41.2 Å². The number of hydrogen-bond donors (Lipinski definition) is 1. The molecule has 1 aromatic heterocycles. The van der Waals surface area contributed by atoms with E-state index in [0.717, 1.165) is 23.2 Å². The minimum absolute atomic E-state index is 0.170. The highest BCUT2D eigenvalue weighted by molar-refractivity contribution is 5.87. The van der Waals surface area contributed by atoms with Gasteiger partial charge in [0.2, 0.25) is 5.43 Å². The zero-order valence-electron chi connectivity index (χ0n) is 17.6. The molecule has 3 heterocycles. The average Bonchev–Trinajstić information content (AvgIpc) is 3.22. The van der Waals surface area contributed by atoms with E-state index in [9.17, 15) is 9.90 Å². The first-order chi connectivity index (χ1) is 14.4. The van der Waals surface area contributed by atoms with E-state index in [1.54, 1.807) is 7.11 Å². The fourth-order valence-corrected chi connectivity index (χ4v) is 5.25. The van der Waals surface area contributed by atoms with E-state index in [2.05, 4.69) is 0 Å². The van der Waals surface area contributed by atoms with Gasteiger partial charge in [-0.05, 0) is 37.5 Å². The van der Waals surface area contributed by atoms with Gasteiger partial charge in [0.15, 0.2) is 5.75 Å². The van der Waals surface area contributed by atoms with Crippen LogP contribution < -0.4 is 14.9 Å². The number of rotatable bonds is 3. The van der Waals surface area contributed by atoms with Gasteiger partial charge in [-0.25, -0.2) is 0 Å². The Hall–Kier alpha value is -2.83. The summed E-state index contributed by atoms with van der Waals surface area (Å²) >= 11 is 0. The zero-order chi connectivity index (χ0) is 21.2. The number of benzene rings is 2. The Kier molecular flexibility index (Phi) is 4.21. The monoisotopic (exact) mass is 407 g/mol. The number of aromatic nitrogens is 1. The van der Waals surface area contributed by atoms with Crippen molar-refractivity contribution in [2.45, 2.75) is 37.6 Å². The number of aliphatic hydroxyl groups is 1. The van der Waals surface area contributed by atoms with Crippen LogP contribution >= 0.6 is 0 Å². The van der Waals surface area contributed by atoms with Gasteiger partial charge >= 0.3 is 0 Å². The Morgan fingerprint density at radius 2 is 1.87 bits per heavy atom. The fourth-order valence-electron chi connectivity index (χ4n) is 5.25. The van der Waals surface area contributed by atoms with Gasteiger partial charge in [-0.2, -0.15) is 0 Å². The van der Waals surface area contributed by atoms with Gasteiger partial charge in [0.25, 0.3) is 0 Å². The normalized spacial score (nSPS) is 24.7. The molecule has 5 rings (SSSR count). The molecule has 3 atom stereocenters. The molecule has 30 heavy (non-hydrogen) atoms. The molecule has 1 N–H and O–H groups in total. The molecule has 1 saturated heterocycles. The van der Waals surface area contributed by atoms with Crippen molar-refractivity contribution in [2.24, 2.45) is 7.05 Å². The molecule has 0 unspecified atom stereocenters. The number of ether oxygens (including phenoxy) is 3. The van der Waals surface area contributed by atoms with Crippen molar-refractivity contribution in [3.05, 3.63) is 69.0 Å².